The average molecular weight is 348 g/mol. The standard InChI is InChI=1S/C17H24N4O2S/c1-12-3-4-15-13(10-20-16(15)9-12)5-7-19-17(18-2)21-14-6-8-24(22,23)11-14/h3-4,9-10,14,20H,5-8,11H2,1-2H3,(H2,18,19,21). The van der Waals surface area contributed by atoms with Crippen LogP contribution in [0.5, 0.6) is 0 Å². The van der Waals surface area contributed by atoms with E-state index in [4.69, 9.17) is 0 Å². The van der Waals surface area contributed by atoms with Crippen molar-refractivity contribution in [2.45, 2.75) is 25.8 Å². The van der Waals surface area contributed by atoms with Crippen LogP contribution in [0, 0.1) is 6.92 Å². The van der Waals surface area contributed by atoms with E-state index in [1.165, 1.54) is 16.5 Å². The van der Waals surface area contributed by atoms with Crippen molar-refractivity contribution < 1.29 is 8.42 Å². The molecular formula is C17H24N4O2S. The number of rotatable bonds is 4. The van der Waals surface area contributed by atoms with Crippen LogP contribution >= 0.6 is 0 Å². The van der Waals surface area contributed by atoms with E-state index >= 15 is 0 Å². The Morgan fingerprint density at radius 3 is 2.96 bits per heavy atom. The van der Waals surface area contributed by atoms with Crippen LogP contribution in [0.15, 0.2) is 29.4 Å². The molecule has 1 aliphatic heterocycles. The highest BCUT2D eigenvalue weighted by atomic mass is 32.2. The van der Waals surface area contributed by atoms with Gasteiger partial charge in [0.2, 0.25) is 0 Å². The largest absolute Gasteiger partial charge is 0.361 e. The molecule has 1 unspecified atom stereocenters. The molecule has 1 aliphatic rings. The number of nitrogens with zero attached hydrogens (tertiary/aromatic N) is 1. The summed E-state index contributed by atoms with van der Waals surface area (Å²) in [5.74, 6) is 1.11. The summed E-state index contributed by atoms with van der Waals surface area (Å²) < 4.78 is 23.0. The first-order chi connectivity index (χ1) is 11.5. The highest BCUT2D eigenvalue weighted by Crippen LogP contribution is 2.19. The van der Waals surface area contributed by atoms with Crippen molar-refractivity contribution >= 4 is 26.7 Å². The topological polar surface area (TPSA) is 86.3 Å². The molecule has 0 spiro atoms. The van der Waals surface area contributed by atoms with E-state index in [9.17, 15) is 8.42 Å². The molecule has 1 atom stereocenters. The molecular weight excluding hydrogens is 324 g/mol. The molecule has 3 rings (SSSR count). The zero-order valence-corrected chi connectivity index (χ0v) is 14.9. The Hall–Kier alpha value is -2.02. The molecule has 7 heteroatoms. The Morgan fingerprint density at radius 1 is 1.42 bits per heavy atom. The maximum Gasteiger partial charge on any atom is 0.191 e. The molecule has 0 saturated carbocycles. The van der Waals surface area contributed by atoms with Crippen LogP contribution in [0.2, 0.25) is 0 Å². The monoisotopic (exact) mass is 348 g/mol. The molecule has 1 aromatic carbocycles. The van der Waals surface area contributed by atoms with Gasteiger partial charge < -0.3 is 15.6 Å². The van der Waals surface area contributed by atoms with Crippen molar-refractivity contribution in [1.29, 1.82) is 0 Å². The SMILES string of the molecule is CN=C(NCCc1c[nH]c2cc(C)ccc12)NC1CCS(=O)(=O)C1. The number of aromatic amines is 1. The minimum Gasteiger partial charge on any atom is -0.361 e. The summed E-state index contributed by atoms with van der Waals surface area (Å²) in [4.78, 5) is 7.49. The predicted molar refractivity (Wildman–Crippen MR) is 98.3 cm³/mol. The Morgan fingerprint density at radius 2 is 2.25 bits per heavy atom. The lowest BCUT2D eigenvalue weighted by molar-refractivity contribution is 0.599. The fraction of sp³-hybridized carbons (Fsp3) is 0.471. The lowest BCUT2D eigenvalue weighted by Crippen LogP contribution is -2.44. The predicted octanol–water partition coefficient (Wildman–Crippen LogP) is 1.37. The maximum absolute atomic E-state index is 11.5. The summed E-state index contributed by atoms with van der Waals surface area (Å²) in [5.41, 5.74) is 3.66. The van der Waals surface area contributed by atoms with Gasteiger partial charge in [-0.05, 0) is 37.0 Å². The van der Waals surface area contributed by atoms with Gasteiger partial charge in [0, 0.05) is 36.7 Å². The summed E-state index contributed by atoms with van der Waals surface area (Å²) >= 11 is 0. The van der Waals surface area contributed by atoms with Crippen molar-refractivity contribution in [3.63, 3.8) is 0 Å². The number of hydrogen-bond acceptors (Lipinski definition) is 3. The number of H-pyrrole nitrogens is 1. The van der Waals surface area contributed by atoms with Crippen LogP contribution < -0.4 is 10.6 Å². The smallest absolute Gasteiger partial charge is 0.191 e. The third-order valence-corrected chi connectivity index (χ3v) is 6.17. The van der Waals surface area contributed by atoms with Crippen LogP contribution in [-0.4, -0.2) is 50.5 Å². The number of fused-ring (bicyclic) bond motifs is 1. The molecule has 1 aromatic heterocycles. The van der Waals surface area contributed by atoms with Gasteiger partial charge in [-0.3, -0.25) is 4.99 Å². The molecule has 1 fully saturated rings. The quantitative estimate of drug-likeness (QED) is 0.575. The second-order valence-corrected chi connectivity index (χ2v) is 8.58. The van der Waals surface area contributed by atoms with E-state index in [2.05, 4.69) is 45.7 Å². The number of aliphatic imine (C=N–C) groups is 1. The van der Waals surface area contributed by atoms with E-state index in [0.29, 0.717) is 12.4 Å². The summed E-state index contributed by atoms with van der Waals surface area (Å²) in [7, 11) is -1.18. The summed E-state index contributed by atoms with van der Waals surface area (Å²) in [6.45, 7) is 2.82. The van der Waals surface area contributed by atoms with Gasteiger partial charge in [-0.25, -0.2) is 8.42 Å². The Balaban J connectivity index is 1.54. The maximum atomic E-state index is 11.5. The third-order valence-electron chi connectivity index (χ3n) is 4.41. The number of aromatic nitrogens is 1. The van der Waals surface area contributed by atoms with Crippen LogP contribution in [0.3, 0.4) is 0 Å². The molecule has 0 aliphatic carbocycles. The fourth-order valence-corrected chi connectivity index (χ4v) is 4.79. The number of aryl methyl sites for hydroxylation is 1. The number of hydrogen-bond donors (Lipinski definition) is 3. The van der Waals surface area contributed by atoms with Crippen molar-refractivity contribution in [2.24, 2.45) is 4.99 Å². The first kappa shape index (κ1) is 16.8. The zero-order valence-electron chi connectivity index (χ0n) is 14.1. The number of guanidine groups is 1. The van der Waals surface area contributed by atoms with Crippen LogP contribution in [0.1, 0.15) is 17.5 Å². The van der Waals surface area contributed by atoms with Crippen LogP contribution in [-0.2, 0) is 16.3 Å². The molecule has 130 valence electrons. The van der Waals surface area contributed by atoms with Gasteiger partial charge in [-0.15, -0.1) is 0 Å². The molecule has 0 radical (unpaired) electrons. The van der Waals surface area contributed by atoms with Gasteiger partial charge in [-0.1, -0.05) is 12.1 Å². The highest BCUT2D eigenvalue weighted by molar-refractivity contribution is 7.91. The van der Waals surface area contributed by atoms with E-state index in [-0.39, 0.29) is 17.5 Å². The van der Waals surface area contributed by atoms with Gasteiger partial charge in [0.05, 0.1) is 11.5 Å². The molecule has 1 saturated heterocycles. The minimum absolute atomic E-state index is 0.0442. The van der Waals surface area contributed by atoms with E-state index in [1.54, 1.807) is 7.05 Å². The van der Waals surface area contributed by atoms with Gasteiger partial charge in [-0.2, -0.15) is 0 Å². The fourth-order valence-electron chi connectivity index (χ4n) is 3.12. The molecule has 3 N–H and O–H groups in total. The number of sulfone groups is 1. The van der Waals surface area contributed by atoms with Gasteiger partial charge in [0.15, 0.2) is 15.8 Å². The van der Waals surface area contributed by atoms with Crippen molar-refractivity contribution in [2.75, 3.05) is 25.1 Å². The Bertz CT molecular complexity index is 855. The van der Waals surface area contributed by atoms with Gasteiger partial charge >= 0.3 is 0 Å². The Labute approximate surface area is 142 Å². The van der Waals surface area contributed by atoms with Crippen LogP contribution in [0.4, 0.5) is 0 Å². The summed E-state index contributed by atoms with van der Waals surface area (Å²) in [6.07, 6.45) is 3.56. The summed E-state index contributed by atoms with van der Waals surface area (Å²) in [6, 6.07) is 6.37. The van der Waals surface area contributed by atoms with Crippen LogP contribution in [0.25, 0.3) is 10.9 Å². The minimum atomic E-state index is -2.88. The van der Waals surface area contributed by atoms with E-state index in [1.807, 2.05) is 6.20 Å². The molecule has 0 amide bonds. The zero-order chi connectivity index (χ0) is 17.2. The second-order valence-electron chi connectivity index (χ2n) is 6.36. The molecule has 0 bridgehead atoms. The van der Waals surface area contributed by atoms with Crippen molar-refractivity contribution in [3.8, 4) is 0 Å². The molecule has 2 aromatic rings. The average Bonchev–Trinajstić information content (AvgIpc) is 3.09. The number of benzene rings is 1. The molecule has 2 heterocycles. The molecule has 24 heavy (non-hydrogen) atoms. The molecule has 6 nitrogen and oxygen atoms in total. The van der Waals surface area contributed by atoms with Crippen molar-refractivity contribution in [3.05, 3.63) is 35.5 Å². The lowest BCUT2D eigenvalue weighted by Gasteiger charge is -2.15. The van der Waals surface area contributed by atoms with Gasteiger partial charge in [0.1, 0.15) is 0 Å². The number of nitrogens with one attached hydrogen (secondary N) is 3. The van der Waals surface area contributed by atoms with E-state index < -0.39 is 9.84 Å². The Kier molecular flexibility index (Phi) is 4.80. The van der Waals surface area contributed by atoms with Gasteiger partial charge in [0.25, 0.3) is 0 Å². The third kappa shape index (κ3) is 3.90. The second kappa shape index (κ2) is 6.84. The first-order valence-corrected chi connectivity index (χ1v) is 10.0. The lowest BCUT2D eigenvalue weighted by atomic mass is 10.1. The first-order valence-electron chi connectivity index (χ1n) is 8.21. The highest BCUT2D eigenvalue weighted by Gasteiger charge is 2.28. The van der Waals surface area contributed by atoms with E-state index in [0.717, 1.165) is 18.5 Å². The summed E-state index contributed by atoms with van der Waals surface area (Å²) in [5, 5.41) is 7.71. The normalized spacial score (nSPS) is 20.4. The van der Waals surface area contributed by atoms with Crippen molar-refractivity contribution in [1.82, 2.24) is 15.6 Å².